The summed E-state index contributed by atoms with van der Waals surface area (Å²) < 4.78 is 3.37. The average molecular weight is 192 g/mol. The van der Waals surface area contributed by atoms with E-state index in [1.165, 1.54) is 0 Å². The molecular weight excluding hydrogens is 180 g/mol. The van der Waals surface area contributed by atoms with E-state index < -0.39 is 0 Å². The summed E-state index contributed by atoms with van der Waals surface area (Å²) >= 11 is 0. The van der Waals surface area contributed by atoms with Crippen LogP contribution in [0.25, 0.3) is 0 Å². The predicted octanol–water partition coefficient (Wildman–Crippen LogP) is -0.403. The first-order valence-corrected chi connectivity index (χ1v) is 4.28. The molecule has 2 aromatic heterocycles. The number of nitrogens with two attached hydrogens (primary N) is 1. The molecule has 1 unspecified atom stereocenters. The third-order valence-electron chi connectivity index (χ3n) is 2.12. The zero-order valence-corrected chi connectivity index (χ0v) is 8.12. The van der Waals surface area contributed by atoms with Gasteiger partial charge in [0.25, 0.3) is 0 Å². The maximum Gasteiger partial charge on any atom is 0.105 e. The molecule has 0 amide bonds. The molecule has 1 atom stereocenters. The van der Waals surface area contributed by atoms with Gasteiger partial charge in [-0.05, 0) is 6.07 Å². The second kappa shape index (κ2) is 3.22. The average Bonchev–Trinajstić information content (AvgIpc) is 2.73. The molecule has 0 bridgehead atoms. The minimum Gasteiger partial charge on any atom is -0.318 e. The molecule has 0 fully saturated rings. The Morgan fingerprint density at radius 2 is 2.21 bits per heavy atom. The molecule has 2 N–H and O–H groups in total. The fourth-order valence-corrected chi connectivity index (χ4v) is 1.35. The molecule has 2 heterocycles. The Hall–Kier alpha value is -1.69. The summed E-state index contributed by atoms with van der Waals surface area (Å²) in [5.74, 6) is 0. The molecular formula is C8H12N6. The summed E-state index contributed by atoms with van der Waals surface area (Å²) in [5.41, 5.74) is 7.67. The highest BCUT2D eigenvalue weighted by Gasteiger charge is 2.15. The molecule has 0 aliphatic carbocycles. The molecule has 0 spiro atoms. The van der Waals surface area contributed by atoms with Gasteiger partial charge < -0.3 is 5.73 Å². The van der Waals surface area contributed by atoms with E-state index in [4.69, 9.17) is 5.73 Å². The zero-order valence-electron chi connectivity index (χ0n) is 8.12. The summed E-state index contributed by atoms with van der Waals surface area (Å²) in [7, 11) is 3.66. The van der Waals surface area contributed by atoms with Crippen LogP contribution in [0.5, 0.6) is 0 Å². The number of hydrogen-bond acceptors (Lipinski definition) is 4. The molecule has 0 aliphatic rings. The van der Waals surface area contributed by atoms with Crippen LogP contribution in [0.1, 0.15) is 17.4 Å². The third kappa shape index (κ3) is 1.39. The van der Waals surface area contributed by atoms with E-state index in [1.54, 1.807) is 21.8 Å². The Morgan fingerprint density at radius 1 is 1.43 bits per heavy atom. The maximum atomic E-state index is 6.00. The van der Waals surface area contributed by atoms with Crippen molar-refractivity contribution in [2.75, 3.05) is 0 Å². The van der Waals surface area contributed by atoms with Gasteiger partial charge >= 0.3 is 0 Å². The molecule has 6 nitrogen and oxygen atoms in total. The van der Waals surface area contributed by atoms with Crippen molar-refractivity contribution in [3.05, 3.63) is 29.8 Å². The van der Waals surface area contributed by atoms with E-state index in [1.807, 2.05) is 20.2 Å². The smallest absolute Gasteiger partial charge is 0.105 e. The Morgan fingerprint density at radius 3 is 2.71 bits per heavy atom. The minimum absolute atomic E-state index is 0.267. The highest BCUT2D eigenvalue weighted by atomic mass is 15.4. The molecule has 2 aromatic rings. The lowest BCUT2D eigenvalue weighted by molar-refractivity contribution is 0.661. The molecule has 6 heteroatoms. The molecule has 74 valence electrons. The Bertz CT molecular complexity index is 428. The fraction of sp³-hybridized carbons (Fsp3) is 0.375. The molecule has 2 rings (SSSR count). The quantitative estimate of drug-likeness (QED) is 0.702. The van der Waals surface area contributed by atoms with Crippen molar-refractivity contribution in [2.45, 2.75) is 6.04 Å². The first-order valence-electron chi connectivity index (χ1n) is 4.28. The van der Waals surface area contributed by atoms with Crippen LogP contribution < -0.4 is 5.73 Å². The van der Waals surface area contributed by atoms with E-state index in [-0.39, 0.29) is 6.04 Å². The maximum absolute atomic E-state index is 6.00. The van der Waals surface area contributed by atoms with Gasteiger partial charge in [0.05, 0.1) is 17.9 Å². The van der Waals surface area contributed by atoms with E-state index in [0.717, 1.165) is 11.4 Å². The normalized spacial score (nSPS) is 13.1. The van der Waals surface area contributed by atoms with Gasteiger partial charge in [-0.15, -0.1) is 5.10 Å². The first-order chi connectivity index (χ1) is 6.68. The van der Waals surface area contributed by atoms with E-state index in [9.17, 15) is 0 Å². The predicted molar refractivity (Wildman–Crippen MR) is 50.2 cm³/mol. The summed E-state index contributed by atoms with van der Waals surface area (Å²) in [5, 5.41) is 11.8. The summed E-state index contributed by atoms with van der Waals surface area (Å²) in [6.07, 6.45) is 3.52. The number of rotatable bonds is 2. The molecule has 0 saturated carbocycles. The molecule has 14 heavy (non-hydrogen) atoms. The van der Waals surface area contributed by atoms with Crippen LogP contribution in [0.15, 0.2) is 18.5 Å². The number of aryl methyl sites for hydroxylation is 2. The summed E-state index contributed by atoms with van der Waals surface area (Å²) in [6, 6.07) is 1.61. The molecule has 0 saturated heterocycles. The molecule has 0 aromatic carbocycles. The first kappa shape index (κ1) is 8.89. The van der Waals surface area contributed by atoms with Gasteiger partial charge in [0.15, 0.2) is 0 Å². The van der Waals surface area contributed by atoms with Crippen molar-refractivity contribution in [1.82, 2.24) is 24.8 Å². The van der Waals surface area contributed by atoms with E-state index in [2.05, 4.69) is 15.4 Å². The van der Waals surface area contributed by atoms with Crippen LogP contribution in [0.4, 0.5) is 0 Å². The SMILES string of the molecule is Cn1cc(C(N)c2ccnn2C)nn1. The van der Waals surface area contributed by atoms with Crippen LogP contribution in [-0.4, -0.2) is 24.8 Å². The zero-order chi connectivity index (χ0) is 10.1. The van der Waals surface area contributed by atoms with Crippen LogP contribution in [0.2, 0.25) is 0 Å². The van der Waals surface area contributed by atoms with Crippen molar-refractivity contribution >= 4 is 0 Å². The highest BCUT2D eigenvalue weighted by molar-refractivity contribution is 5.17. The standard InChI is InChI=1S/C8H12N6/c1-13-5-6(11-12-13)8(9)7-3-4-10-14(7)2/h3-5,8H,9H2,1-2H3. The monoisotopic (exact) mass is 192 g/mol. The van der Waals surface area contributed by atoms with Crippen LogP contribution in [0, 0.1) is 0 Å². The highest BCUT2D eigenvalue weighted by Crippen LogP contribution is 2.15. The molecule has 0 radical (unpaired) electrons. The Labute approximate surface area is 81.3 Å². The summed E-state index contributed by atoms with van der Waals surface area (Å²) in [4.78, 5) is 0. The largest absolute Gasteiger partial charge is 0.318 e. The van der Waals surface area contributed by atoms with Crippen LogP contribution >= 0.6 is 0 Å². The van der Waals surface area contributed by atoms with Crippen molar-refractivity contribution in [3.8, 4) is 0 Å². The number of aromatic nitrogens is 5. The molecule has 0 aliphatic heterocycles. The summed E-state index contributed by atoms with van der Waals surface area (Å²) in [6.45, 7) is 0. The van der Waals surface area contributed by atoms with Crippen molar-refractivity contribution < 1.29 is 0 Å². The van der Waals surface area contributed by atoms with E-state index >= 15 is 0 Å². The lowest BCUT2D eigenvalue weighted by Crippen LogP contribution is -2.16. The number of nitrogens with zero attached hydrogens (tertiary/aromatic N) is 5. The van der Waals surface area contributed by atoms with Crippen LogP contribution in [-0.2, 0) is 14.1 Å². The van der Waals surface area contributed by atoms with Crippen molar-refractivity contribution in [1.29, 1.82) is 0 Å². The van der Waals surface area contributed by atoms with Gasteiger partial charge in [-0.3, -0.25) is 9.36 Å². The lowest BCUT2D eigenvalue weighted by Gasteiger charge is -2.07. The van der Waals surface area contributed by atoms with Gasteiger partial charge in [-0.2, -0.15) is 5.10 Å². The number of hydrogen-bond donors (Lipinski definition) is 1. The van der Waals surface area contributed by atoms with Gasteiger partial charge in [0.2, 0.25) is 0 Å². The van der Waals surface area contributed by atoms with Crippen LogP contribution in [0.3, 0.4) is 0 Å². The van der Waals surface area contributed by atoms with Crippen molar-refractivity contribution in [2.24, 2.45) is 19.8 Å². The minimum atomic E-state index is -0.267. The Kier molecular flexibility index (Phi) is 2.05. The fourth-order valence-electron chi connectivity index (χ4n) is 1.35. The third-order valence-corrected chi connectivity index (χ3v) is 2.12. The second-order valence-corrected chi connectivity index (χ2v) is 3.17. The Balaban J connectivity index is 2.33. The van der Waals surface area contributed by atoms with Gasteiger partial charge in [-0.1, -0.05) is 5.21 Å². The van der Waals surface area contributed by atoms with Gasteiger partial charge in [0, 0.05) is 20.3 Å². The van der Waals surface area contributed by atoms with E-state index in [0.29, 0.717) is 0 Å². The van der Waals surface area contributed by atoms with Crippen molar-refractivity contribution in [3.63, 3.8) is 0 Å². The topological polar surface area (TPSA) is 74.6 Å². The lowest BCUT2D eigenvalue weighted by atomic mass is 10.2. The second-order valence-electron chi connectivity index (χ2n) is 3.17. The van der Waals surface area contributed by atoms with Gasteiger partial charge in [0.1, 0.15) is 5.69 Å². The van der Waals surface area contributed by atoms with Gasteiger partial charge in [-0.25, -0.2) is 0 Å².